The largest absolute Gasteiger partial charge is 0.455 e. The molecule has 1 aliphatic heterocycles. The van der Waals surface area contributed by atoms with Crippen LogP contribution in [-0.2, 0) is 16.0 Å². The molecule has 0 amide bonds. The third-order valence-corrected chi connectivity index (χ3v) is 6.55. The van der Waals surface area contributed by atoms with Crippen molar-refractivity contribution in [1.82, 2.24) is 5.32 Å². The van der Waals surface area contributed by atoms with E-state index in [1.54, 1.807) is 12.1 Å². The van der Waals surface area contributed by atoms with E-state index in [0.29, 0.717) is 6.54 Å². The zero-order valence-electron chi connectivity index (χ0n) is 20.6. The highest BCUT2D eigenvalue weighted by Crippen LogP contribution is 2.32. The van der Waals surface area contributed by atoms with Crippen LogP contribution in [0.2, 0.25) is 0 Å². The minimum Gasteiger partial charge on any atom is -0.455 e. The van der Waals surface area contributed by atoms with Gasteiger partial charge in [0.15, 0.2) is 12.1 Å². The van der Waals surface area contributed by atoms with Crippen LogP contribution in [0.3, 0.4) is 0 Å². The van der Waals surface area contributed by atoms with Crippen molar-refractivity contribution in [3.63, 3.8) is 0 Å². The topological polar surface area (TPSA) is 86.8 Å². The summed E-state index contributed by atoms with van der Waals surface area (Å²) in [5.41, 5.74) is 3.74. The van der Waals surface area contributed by atoms with E-state index >= 15 is 0 Å². The Morgan fingerprint density at radius 1 is 1.03 bits per heavy atom. The molecule has 1 N–H and O–H groups in total. The smallest absolute Gasteiger partial charge is 0.269 e. The average Bonchev–Trinajstić information content (AvgIpc) is 3.30. The van der Waals surface area contributed by atoms with E-state index < -0.39 is 4.92 Å². The second-order valence-electron chi connectivity index (χ2n) is 9.04. The van der Waals surface area contributed by atoms with Gasteiger partial charge in [0.25, 0.3) is 5.69 Å². The molecule has 0 radical (unpaired) electrons. The van der Waals surface area contributed by atoms with Crippen LogP contribution < -0.4 is 5.32 Å². The highest BCUT2D eigenvalue weighted by molar-refractivity contribution is 5.91. The predicted molar refractivity (Wildman–Crippen MR) is 142 cm³/mol. The summed E-state index contributed by atoms with van der Waals surface area (Å²) in [6.07, 6.45) is 1.31. The Hall–Kier alpha value is -3.96. The molecule has 0 unspecified atom stereocenters. The maximum absolute atomic E-state index is 10.8. The number of nitrogens with zero attached hydrogens (tertiary/aromatic N) is 1. The van der Waals surface area contributed by atoms with Crippen LogP contribution in [-0.4, -0.2) is 30.0 Å². The maximum atomic E-state index is 10.8. The molecular formula is C30H28N2O5. The van der Waals surface area contributed by atoms with E-state index in [1.807, 2.05) is 61.5 Å². The Balaban J connectivity index is 1.16. The van der Waals surface area contributed by atoms with Gasteiger partial charge in [-0.15, -0.1) is 0 Å². The normalized spacial score (nSPS) is 19.3. The molecule has 37 heavy (non-hydrogen) atoms. The number of rotatable bonds is 7. The summed E-state index contributed by atoms with van der Waals surface area (Å²) in [7, 11) is 0. The summed E-state index contributed by atoms with van der Waals surface area (Å²) >= 11 is 0. The van der Waals surface area contributed by atoms with Gasteiger partial charge >= 0.3 is 0 Å². The fourth-order valence-electron chi connectivity index (χ4n) is 4.55. The van der Waals surface area contributed by atoms with Crippen LogP contribution in [0.1, 0.15) is 30.9 Å². The standard InChI is InChI=1S/C30H28N2O5/c1-21-27(31-20-22-13-15-24(16-14-22)32(33)34)17-18-29(36-21)35-19-7-11-26-25-10-5-6-12-28(25)37-30(26)23-8-3-2-4-9-23/h2-6,8-10,12-16,21,27,29,31H,17-20H2,1H3/t21-,27-,29+/m0/s1. The number of ether oxygens (including phenoxy) is 2. The Morgan fingerprint density at radius 3 is 2.54 bits per heavy atom. The summed E-state index contributed by atoms with van der Waals surface area (Å²) in [6.45, 7) is 2.90. The van der Waals surface area contributed by atoms with Crippen molar-refractivity contribution in [3.05, 3.63) is 100 Å². The lowest BCUT2D eigenvalue weighted by Crippen LogP contribution is -2.46. The Kier molecular flexibility index (Phi) is 7.62. The monoisotopic (exact) mass is 496 g/mol. The third-order valence-electron chi connectivity index (χ3n) is 6.55. The third kappa shape index (κ3) is 5.89. The molecule has 7 nitrogen and oxygen atoms in total. The number of hydrogen-bond acceptors (Lipinski definition) is 6. The Morgan fingerprint density at radius 2 is 1.78 bits per heavy atom. The van der Waals surface area contributed by atoms with Crippen molar-refractivity contribution in [3.8, 4) is 23.2 Å². The zero-order chi connectivity index (χ0) is 25.6. The van der Waals surface area contributed by atoms with E-state index in [4.69, 9.17) is 13.9 Å². The molecule has 0 spiro atoms. The van der Waals surface area contributed by atoms with Crippen LogP contribution in [0.15, 0.2) is 83.3 Å². The molecule has 3 atom stereocenters. The van der Waals surface area contributed by atoms with Crippen LogP contribution in [0, 0.1) is 22.0 Å². The minimum atomic E-state index is -0.391. The molecule has 3 aromatic carbocycles. The molecule has 1 saturated heterocycles. The summed E-state index contributed by atoms with van der Waals surface area (Å²) in [5.74, 6) is 7.17. The summed E-state index contributed by atoms with van der Waals surface area (Å²) < 4.78 is 18.1. The minimum absolute atomic E-state index is 0.0349. The molecule has 1 aliphatic rings. The first-order valence-electron chi connectivity index (χ1n) is 12.4. The first-order valence-corrected chi connectivity index (χ1v) is 12.4. The number of para-hydroxylation sites is 1. The van der Waals surface area contributed by atoms with Crippen molar-refractivity contribution in [1.29, 1.82) is 0 Å². The molecule has 0 aliphatic carbocycles. The van der Waals surface area contributed by atoms with Crippen LogP contribution in [0.5, 0.6) is 0 Å². The molecule has 0 bridgehead atoms. The maximum Gasteiger partial charge on any atom is 0.269 e. The zero-order valence-corrected chi connectivity index (χ0v) is 20.6. The van der Waals surface area contributed by atoms with Gasteiger partial charge in [0.2, 0.25) is 0 Å². The molecule has 5 rings (SSSR count). The van der Waals surface area contributed by atoms with Gasteiger partial charge in [-0.25, -0.2) is 0 Å². The van der Waals surface area contributed by atoms with Crippen LogP contribution in [0.25, 0.3) is 22.3 Å². The van der Waals surface area contributed by atoms with Crippen LogP contribution >= 0.6 is 0 Å². The summed E-state index contributed by atoms with van der Waals surface area (Å²) in [5, 5.41) is 15.3. The number of non-ortho nitro benzene ring substituents is 1. The van der Waals surface area contributed by atoms with Gasteiger partial charge in [-0.2, -0.15) is 0 Å². The lowest BCUT2D eigenvalue weighted by atomic mass is 10.0. The second kappa shape index (κ2) is 11.4. The number of hydrogen-bond donors (Lipinski definition) is 1. The van der Waals surface area contributed by atoms with Gasteiger partial charge in [-0.05, 0) is 31.0 Å². The van der Waals surface area contributed by atoms with Crippen molar-refractivity contribution < 1.29 is 18.8 Å². The first kappa shape index (κ1) is 24.7. The molecule has 1 aromatic heterocycles. The van der Waals surface area contributed by atoms with Crippen LogP contribution in [0.4, 0.5) is 5.69 Å². The molecule has 4 aromatic rings. The number of nitrogens with one attached hydrogen (secondary N) is 1. The van der Waals surface area contributed by atoms with Crippen molar-refractivity contribution in [2.75, 3.05) is 6.61 Å². The molecule has 2 heterocycles. The number of nitro groups is 1. The lowest BCUT2D eigenvalue weighted by Gasteiger charge is -2.34. The van der Waals surface area contributed by atoms with E-state index in [9.17, 15) is 10.1 Å². The highest BCUT2D eigenvalue weighted by Gasteiger charge is 2.28. The molecule has 1 fully saturated rings. The van der Waals surface area contributed by atoms with Crippen molar-refractivity contribution >= 4 is 16.7 Å². The number of furan rings is 1. The molecule has 7 heteroatoms. The quantitative estimate of drug-likeness (QED) is 0.190. The second-order valence-corrected chi connectivity index (χ2v) is 9.04. The van der Waals surface area contributed by atoms with Gasteiger partial charge in [-0.3, -0.25) is 10.1 Å². The van der Waals surface area contributed by atoms with Gasteiger partial charge in [0.05, 0.1) is 16.6 Å². The van der Waals surface area contributed by atoms with Gasteiger partial charge in [-0.1, -0.05) is 66.4 Å². The summed E-state index contributed by atoms with van der Waals surface area (Å²) in [4.78, 5) is 10.4. The van der Waals surface area contributed by atoms with Crippen molar-refractivity contribution in [2.24, 2.45) is 0 Å². The van der Waals surface area contributed by atoms with Gasteiger partial charge in [0, 0.05) is 42.1 Å². The molecule has 188 valence electrons. The fourth-order valence-corrected chi connectivity index (χ4v) is 4.55. The summed E-state index contributed by atoms with van der Waals surface area (Å²) in [6, 6.07) is 24.7. The number of benzene rings is 3. The van der Waals surface area contributed by atoms with E-state index in [1.165, 1.54) is 12.1 Å². The number of nitro benzene ring substituents is 1. The average molecular weight is 497 g/mol. The van der Waals surface area contributed by atoms with E-state index in [2.05, 4.69) is 17.2 Å². The number of fused-ring (bicyclic) bond motifs is 1. The predicted octanol–water partition coefficient (Wildman–Crippen LogP) is 6.06. The lowest BCUT2D eigenvalue weighted by molar-refractivity contribution is -0.384. The SMILES string of the molecule is C[C@@H]1O[C@@H](OCC#Cc2c(-c3ccccc3)oc3ccccc23)CC[C@@H]1NCc1ccc([N+](=O)[O-])cc1. The van der Waals surface area contributed by atoms with E-state index in [-0.39, 0.29) is 30.7 Å². The molecule has 0 saturated carbocycles. The first-order chi connectivity index (χ1) is 18.1. The van der Waals surface area contributed by atoms with Gasteiger partial charge < -0.3 is 19.2 Å². The van der Waals surface area contributed by atoms with Gasteiger partial charge in [0.1, 0.15) is 12.2 Å². The fraction of sp³-hybridized carbons (Fsp3) is 0.267. The Labute approximate surface area is 215 Å². The van der Waals surface area contributed by atoms with Crippen molar-refractivity contribution in [2.45, 2.75) is 44.7 Å². The van der Waals surface area contributed by atoms with E-state index in [0.717, 1.165) is 46.3 Å². The Bertz CT molecular complexity index is 1420. The molecular weight excluding hydrogens is 468 g/mol. The highest BCUT2D eigenvalue weighted by atomic mass is 16.7.